The van der Waals surface area contributed by atoms with Gasteiger partial charge in [-0.1, -0.05) is 0 Å². The zero-order chi connectivity index (χ0) is 18.7. The lowest BCUT2D eigenvalue weighted by Gasteiger charge is -2.06. The second kappa shape index (κ2) is 7.14. The summed E-state index contributed by atoms with van der Waals surface area (Å²) in [7, 11) is 0. The summed E-state index contributed by atoms with van der Waals surface area (Å²) in [5.41, 5.74) is -2.92. The molecule has 25 heavy (non-hydrogen) atoms. The Morgan fingerprint density at radius 2 is 1.24 bits per heavy atom. The summed E-state index contributed by atoms with van der Waals surface area (Å²) in [6.45, 7) is 1.67. The number of aromatic hydroxyl groups is 2. The molecule has 2 aromatic rings. The molecule has 2 rings (SSSR count). The fourth-order valence-corrected chi connectivity index (χ4v) is 2.10. The molecule has 0 aromatic carbocycles. The van der Waals surface area contributed by atoms with E-state index in [2.05, 4.69) is 0 Å². The van der Waals surface area contributed by atoms with Gasteiger partial charge in [0.05, 0.1) is 0 Å². The van der Waals surface area contributed by atoms with Crippen molar-refractivity contribution < 1.29 is 33.4 Å². The number of rotatable bonds is 6. The first-order valence-corrected chi connectivity index (χ1v) is 7.02. The van der Waals surface area contributed by atoms with Crippen molar-refractivity contribution >= 4 is 11.6 Å². The van der Waals surface area contributed by atoms with Crippen LogP contribution in [0.5, 0.6) is 11.5 Å². The summed E-state index contributed by atoms with van der Waals surface area (Å²) in [5, 5.41) is 19.3. The van der Waals surface area contributed by atoms with Gasteiger partial charge in [-0.2, -0.15) is 0 Å². The molecule has 2 heterocycles. The van der Waals surface area contributed by atoms with Crippen LogP contribution in [0.25, 0.3) is 0 Å². The molecule has 0 atom stereocenters. The molecule has 0 unspecified atom stereocenters. The Morgan fingerprint density at radius 1 is 0.880 bits per heavy atom. The van der Waals surface area contributed by atoms with Gasteiger partial charge in [0.25, 0.3) is 0 Å². The minimum Gasteiger partial charge on any atom is -0.507 e. The first kappa shape index (κ1) is 18.1. The standard InChI is InChI=1S/C16H14O9/c1-7(17)13-11(19)3-9(24-15(13)21)5-23-6-10-4-12(20)14(8(2)18)16(22)25-10/h3-4,19-20H,5-6H2,1-2H3. The van der Waals surface area contributed by atoms with Gasteiger partial charge < -0.3 is 23.8 Å². The molecule has 0 fully saturated rings. The molecule has 0 radical (unpaired) electrons. The smallest absolute Gasteiger partial charge is 0.350 e. The van der Waals surface area contributed by atoms with E-state index < -0.39 is 45.4 Å². The molecule has 0 aliphatic carbocycles. The van der Waals surface area contributed by atoms with Crippen molar-refractivity contribution in [1.82, 2.24) is 0 Å². The third kappa shape index (κ3) is 4.01. The van der Waals surface area contributed by atoms with Crippen molar-refractivity contribution in [2.75, 3.05) is 0 Å². The number of carbonyl (C=O) groups excluding carboxylic acids is 2. The molecular formula is C16H14O9. The molecule has 2 N–H and O–H groups in total. The lowest BCUT2D eigenvalue weighted by Crippen LogP contribution is -2.14. The Labute approximate surface area is 140 Å². The average Bonchev–Trinajstić information content (AvgIpc) is 2.44. The largest absolute Gasteiger partial charge is 0.507 e. The SMILES string of the molecule is CC(=O)c1c(O)cc(COCc2cc(O)c(C(C)=O)c(=O)o2)oc1=O. The molecule has 0 aliphatic heterocycles. The highest BCUT2D eigenvalue weighted by atomic mass is 16.5. The highest BCUT2D eigenvalue weighted by Gasteiger charge is 2.17. The van der Waals surface area contributed by atoms with E-state index in [-0.39, 0.29) is 24.7 Å². The number of hydrogen-bond acceptors (Lipinski definition) is 9. The first-order chi connectivity index (χ1) is 11.7. The molecule has 0 amide bonds. The van der Waals surface area contributed by atoms with Crippen molar-refractivity contribution in [3.8, 4) is 11.5 Å². The van der Waals surface area contributed by atoms with Crippen LogP contribution >= 0.6 is 0 Å². The molecule has 0 spiro atoms. The Morgan fingerprint density at radius 3 is 1.52 bits per heavy atom. The molecular weight excluding hydrogens is 336 g/mol. The average molecular weight is 350 g/mol. The van der Waals surface area contributed by atoms with E-state index in [1.54, 1.807) is 0 Å². The summed E-state index contributed by atoms with van der Waals surface area (Å²) in [5.74, 6) is -2.45. The van der Waals surface area contributed by atoms with Crippen LogP contribution in [0.3, 0.4) is 0 Å². The van der Waals surface area contributed by atoms with E-state index in [1.807, 2.05) is 0 Å². The fraction of sp³-hybridized carbons (Fsp3) is 0.250. The van der Waals surface area contributed by atoms with Crippen molar-refractivity contribution in [1.29, 1.82) is 0 Å². The van der Waals surface area contributed by atoms with Gasteiger partial charge in [-0.3, -0.25) is 9.59 Å². The molecule has 132 valence electrons. The summed E-state index contributed by atoms with van der Waals surface area (Å²) in [6, 6.07) is 2.12. The van der Waals surface area contributed by atoms with Gasteiger partial charge in [0.1, 0.15) is 47.4 Å². The fourth-order valence-electron chi connectivity index (χ4n) is 2.10. The van der Waals surface area contributed by atoms with Gasteiger partial charge in [-0.15, -0.1) is 0 Å². The molecule has 0 saturated carbocycles. The third-order valence-electron chi connectivity index (χ3n) is 3.16. The van der Waals surface area contributed by atoms with E-state index in [9.17, 15) is 29.4 Å². The Kier molecular flexibility index (Phi) is 5.18. The lowest BCUT2D eigenvalue weighted by atomic mass is 10.2. The van der Waals surface area contributed by atoms with Crippen molar-refractivity contribution in [3.05, 3.63) is 55.6 Å². The predicted octanol–water partition coefficient (Wildman–Crippen LogP) is 1.13. The van der Waals surface area contributed by atoms with Crippen LogP contribution in [0.15, 0.2) is 30.6 Å². The van der Waals surface area contributed by atoms with Crippen LogP contribution in [0.4, 0.5) is 0 Å². The minimum absolute atomic E-state index is 0.0561. The highest BCUT2D eigenvalue weighted by Crippen LogP contribution is 2.18. The first-order valence-electron chi connectivity index (χ1n) is 7.02. The van der Waals surface area contributed by atoms with E-state index in [1.165, 1.54) is 0 Å². The zero-order valence-corrected chi connectivity index (χ0v) is 13.3. The second-order valence-electron chi connectivity index (χ2n) is 5.13. The number of Topliss-reactive ketones (excluding diaryl/α,β-unsaturated/α-hetero) is 2. The van der Waals surface area contributed by atoms with Gasteiger partial charge in [-0.05, 0) is 13.8 Å². The molecule has 2 aromatic heterocycles. The van der Waals surface area contributed by atoms with E-state index in [0.717, 1.165) is 26.0 Å². The molecule has 0 bridgehead atoms. The Balaban J connectivity index is 2.12. The van der Waals surface area contributed by atoms with Gasteiger partial charge >= 0.3 is 11.3 Å². The van der Waals surface area contributed by atoms with Crippen LogP contribution in [0, 0.1) is 0 Å². The van der Waals surface area contributed by atoms with Crippen molar-refractivity contribution in [2.24, 2.45) is 0 Å². The maximum atomic E-state index is 11.6. The van der Waals surface area contributed by atoms with E-state index in [0.29, 0.717) is 0 Å². The Hall–Kier alpha value is -3.20. The van der Waals surface area contributed by atoms with Crippen molar-refractivity contribution in [3.63, 3.8) is 0 Å². The molecule has 0 aliphatic rings. The maximum Gasteiger partial charge on any atom is 0.350 e. The quantitative estimate of drug-likeness (QED) is 0.732. The van der Waals surface area contributed by atoms with Crippen LogP contribution < -0.4 is 11.3 Å². The summed E-state index contributed by atoms with van der Waals surface area (Å²) in [6.07, 6.45) is 0. The lowest BCUT2D eigenvalue weighted by molar-refractivity contribution is 0.0751. The van der Waals surface area contributed by atoms with E-state index >= 15 is 0 Å². The highest BCUT2D eigenvalue weighted by molar-refractivity contribution is 5.96. The van der Waals surface area contributed by atoms with Gasteiger partial charge in [0.2, 0.25) is 0 Å². The molecule has 0 saturated heterocycles. The van der Waals surface area contributed by atoms with Gasteiger partial charge in [0, 0.05) is 12.1 Å². The summed E-state index contributed by atoms with van der Waals surface area (Å²) >= 11 is 0. The third-order valence-corrected chi connectivity index (χ3v) is 3.16. The van der Waals surface area contributed by atoms with Gasteiger partial charge in [-0.25, -0.2) is 9.59 Å². The molecule has 9 nitrogen and oxygen atoms in total. The Bertz CT molecular complexity index is 872. The topological polar surface area (TPSA) is 144 Å². The van der Waals surface area contributed by atoms with Crippen molar-refractivity contribution in [2.45, 2.75) is 27.1 Å². The van der Waals surface area contributed by atoms with Crippen LogP contribution in [0.1, 0.15) is 46.1 Å². The zero-order valence-electron chi connectivity index (χ0n) is 13.3. The summed E-state index contributed by atoms with van der Waals surface area (Å²) < 4.78 is 14.8. The molecule has 9 heteroatoms. The number of carbonyl (C=O) groups is 2. The van der Waals surface area contributed by atoms with Crippen LogP contribution in [0.2, 0.25) is 0 Å². The minimum atomic E-state index is -0.999. The van der Waals surface area contributed by atoms with E-state index in [4.69, 9.17) is 13.6 Å². The van der Waals surface area contributed by atoms with Crippen LogP contribution in [-0.2, 0) is 18.0 Å². The maximum absolute atomic E-state index is 11.6. The number of ketones is 2. The number of ether oxygens (including phenoxy) is 1. The normalized spacial score (nSPS) is 10.6. The summed E-state index contributed by atoms with van der Waals surface area (Å²) in [4.78, 5) is 45.6. The van der Waals surface area contributed by atoms with Crippen LogP contribution in [-0.4, -0.2) is 21.8 Å². The van der Waals surface area contributed by atoms with Gasteiger partial charge in [0.15, 0.2) is 11.6 Å². The predicted molar refractivity (Wildman–Crippen MR) is 81.8 cm³/mol. The second-order valence-corrected chi connectivity index (χ2v) is 5.13. The monoisotopic (exact) mass is 350 g/mol. The number of hydrogen-bond donors (Lipinski definition) is 2.